The van der Waals surface area contributed by atoms with E-state index in [9.17, 15) is 41.8 Å². The van der Waals surface area contributed by atoms with Gasteiger partial charge in [-0.05, 0) is 158 Å². The Morgan fingerprint density at radius 2 is 0.747 bits per heavy atom. The molecule has 0 aliphatic carbocycles. The number of nitrogens with zero attached hydrogens (tertiary/aromatic N) is 25. The van der Waals surface area contributed by atoms with Crippen LogP contribution in [0.25, 0.3) is 134 Å². The Morgan fingerprint density at radius 1 is 0.377 bits per heavy atom. The number of benzene rings is 4. The van der Waals surface area contributed by atoms with Crippen LogP contribution in [0.2, 0.25) is 0 Å². The van der Waals surface area contributed by atoms with Gasteiger partial charge in [-0.25, -0.2) is 47.5 Å². The van der Waals surface area contributed by atoms with E-state index in [1.165, 1.54) is 12.1 Å². The molecule has 37 heteroatoms. The van der Waals surface area contributed by atoms with E-state index in [2.05, 4.69) is 102 Å². The van der Waals surface area contributed by atoms with Gasteiger partial charge in [0.25, 0.3) is 12.9 Å². The summed E-state index contributed by atoms with van der Waals surface area (Å²) >= 11 is 0. The number of aryl methyl sites for hydroxylation is 5. The van der Waals surface area contributed by atoms with Crippen LogP contribution in [-0.2, 0) is 87.8 Å². The van der Waals surface area contributed by atoms with Crippen molar-refractivity contribution in [1.82, 2.24) is 122 Å². The molecular formula is C109H119F4N25O8. The van der Waals surface area contributed by atoms with Gasteiger partial charge in [0, 0.05) is 229 Å². The molecule has 756 valence electrons. The lowest BCUT2D eigenvalue weighted by molar-refractivity contribution is -0.136. The van der Waals surface area contributed by atoms with E-state index in [4.69, 9.17) is 44.1 Å². The maximum atomic E-state index is 14.4. The summed E-state index contributed by atoms with van der Waals surface area (Å²) in [4.78, 5) is 101. The number of imidazole rings is 4. The van der Waals surface area contributed by atoms with Crippen LogP contribution in [0.5, 0.6) is 0 Å². The molecule has 1 N–H and O–H groups in total. The molecule has 4 amide bonds. The molecule has 33 nitrogen and oxygen atoms in total. The van der Waals surface area contributed by atoms with Crippen LogP contribution in [0.4, 0.5) is 17.6 Å². The zero-order valence-corrected chi connectivity index (χ0v) is 84.3. The topological polar surface area (TPSA) is 327 Å². The van der Waals surface area contributed by atoms with Crippen molar-refractivity contribution >= 4 is 67.0 Å². The van der Waals surface area contributed by atoms with Crippen molar-refractivity contribution in [2.24, 2.45) is 28.2 Å². The number of ether oxygens (including phenoxy) is 3. The fourth-order valence-corrected chi connectivity index (χ4v) is 22.8. The Balaban J connectivity index is 0.000000115. The highest BCUT2D eigenvalue weighted by Gasteiger charge is 2.43. The number of hydrogen-bond donors (Lipinski definition) is 1. The van der Waals surface area contributed by atoms with Gasteiger partial charge in [0.1, 0.15) is 64.5 Å². The highest BCUT2D eigenvalue weighted by Crippen LogP contribution is 2.49. The number of carbonyl (C=O) groups is 4. The molecule has 0 bridgehead atoms. The van der Waals surface area contributed by atoms with E-state index in [0.29, 0.717) is 102 Å². The van der Waals surface area contributed by atoms with Gasteiger partial charge in [-0.2, -0.15) is 20.4 Å². The quantitative estimate of drug-likeness (QED) is 0.0878. The van der Waals surface area contributed by atoms with Crippen molar-refractivity contribution in [3.8, 4) is 90.3 Å². The molecule has 8 aliphatic rings. The highest BCUT2D eigenvalue weighted by molar-refractivity contribution is 6.02. The minimum atomic E-state index is -2.72. The number of carbonyl (C=O) groups excluding carboxylic acids is 4. The summed E-state index contributed by atoms with van der Waals surface area (Å²) in [5.74, 6) is 4.99. The van der Waals surface area contributed by atoms with Gasteiger partial charge in [0.15, 0.2) is 0 Å². The van der Waals surface area contributed by atoms with E-state index in [1.54, 1.807) is 76.7 Å². The molecule has 0 radical (unpaired) electrons. The molecule has 4 saturated heterocycles. The van der Waals surface area contributed by atoms with E-state index < -0.39 is 24.9 Å². The predicted octanol–water partition coefficient (Wildman–Crippen LogP) is 17.2. The molecule has 24 rings (SSSR count). The van der Waals surface area contributed by atoms with Crippen LogP contribution in [-0.4, -0.2) is 245 Å². The second-order valence-corrected chi connectivity index (χ2v) is 39.9. The zero-order chi connectivity index (χ0) is 102. The van der Waals surface area contributed by atoms with Crippen LogP contribution in [0, 0.1) is 6.92 Å². The van der Waals surface area contributed by atoms with E-state index >= 15 is 0 Å². The third-order valence-electron chi connectivity index (χ3n) is 30.3. The number of rotatable bonds is 16. The van der Waals surface area contributed by atoms with Crippen molar-refractivity contribution in [3.05, 3.63) is 215 Å². The first kappa shape index (κ1) is 97.7. The van der Waals surface area contributed by atoms with Crippen LogP contribution in [0.1, 0.15) is 203 Å². The number of likely N-dealkylation sites (tertiary alicyclic amines) is 1. The van der Waals surface area contributed by atoms with Gasteiger partial charge < -0.3 is 62.1 Å². The van der Waals surface area contributed by atoms with Crippen molar-refractivity contribution in [3.63, 3.8) is 0 Å². The Kier molecular flexibility index (Phi) is 26.9. The highest BCUT2D eigenvalue weighted by atomic mass is 19.3. The number of likely N-dealkylation sites (N-methyl/N-ethyl adjacent to an activating group) is 4. The Hall–Kier alpha value is -14.4. The summed E-state index contributed by atoms with van der Waals surface area (Å²) in [7, 11) is 14.6. The summed E-state index contributed by atoms with van der Waals surface area (Å²) in [5.41, 5.74) is 17.7. The Morgan fingerprint density at radius 3 is 1.12 bits per heavy atom. The second-order valence-electron chi connectivity index (χ2n) is 39.9. The van der Waals surface area contributed by atoms with E-state index in [1.807, 2.05) is 145 Å². The fourth-order valence-electron chi connectivity index (χ4n) is 22.8. The summed E-state index contributed by atoms with van der Waals surface area (Å²) in [6, 6.07) is 33.4. The monoisotopic (exact) mass is 1980 g/mol. The summed E-state index contributed by atoms with van der Waals surface area (Å²) in [5, 5.41) is 32.3. The largest absolute Gasteiger partial charge is 0.395 e. The molecule has 8 aliphatic heterocycles. The van der Waals surface area contributed by atoms with Crippen molar-refractivity contribution < 1.29 is 56.1 Å². The molecule has 146 heavy (non-hydrogen) atoms. The average molecular weight is 1980 g/mol. The van der Waals surface area contributed by atoms with Crippen LogP contribution < -0.4 is 0 Å². The third kappa shape index (κ3) is 18.2. The first-order valence-corrected chi connectivity index (χ1v) is 50.3. The summed E-state index contributed by atoms with van der Waals surface area (Å²) in [6.45, 7) is 18.4. The summed E-state index contributed by atoms with van der Waals surface area (Å²) in [6.07, 6.45) is 14.4. The van der Waals surface area contributed by atoms with Crippen molar-refractivity contribution in [1.29, 1.82) is 0 Å². The Bertz CT molecular complexity index is 7710. The van der Waals surface area contributed by atoms with Crippen LogP contribution in [0.15, 0.2) is 153 Å². The standard InChI is InChI=1S/C29H33F2N7O2.C27H28F2N6O2.C27H30N6O2.C26H28N6O2/c1-17-29(40)35(2)16-24-26(34-28(38(17)24)18-7-9-37(10-8-18)11-12-39)20-5-4-6-23-21(20)13-22(27(30)31)25(33-23)19-14-32-36(3)15-19;1-15-27(36)33(2)14-22-24(31-26(35(15)22)16-8-11-37-12-9-16)17-5-4-6-20-18(17)13-19(25(28)29)23(30-20)21-7-10-34(3)32-21;1-16-22(14-32(4)30-16)23-12-19-6-5-7-20(21(19)13-28-23)25-24-15-31(3)27(34)17(2)33(24)26(29-25)18-8-10-35-11-9-18;1-16-26(33)30(2)15-23-24(28-25(32(16)23)17-8-11-34-12-9-17)19-6-4-5-18-13-22(27-14-20(18)19)21-7-10-31(3)29-21/h4-6,13-15,17-18,27,39H,7-12,16H2,1-3H3;4-7,10,13,15-16,25H,8-9,11-12,14H2,1-3H3;5-7,12-14,17-18H,8-11,15H2,1-4H3;4-7,10,13-14,16-17H,8-9,11-12,15H2,1-3H3. The second kappa shape index (κ2) is 40.2. The molecule has 4 fully saturated rings. The van der Waals surface area contributed by atoms with Crippen LogP contribution in [0.3, 0.4) is 0 Å². The number of piperidine rings is 1. The number of fused-ring (bicyclic) bond motifs is 8. The number of hydrogen-bond acceptors (Lipinski definition) is 21. The average Bonchev–Trinajstić information content (AvgIpc) is 1.60. The number of β-amino-alcohol motifs (C(OH)–C–C–N with tert-alkyl or cyclic N) is 1. The molecule has 4 aromatic carbocycles. The molecule has 0 spiro atoms. The lowest BCUT2D eigenvalue weighted by Gasteiger charge is -2.35. The number of aromatic nitrogens is 20. The first-order valence-electron chi connectivity index (χ1n) is 50.3. The number of aliphatic hydroxyl groups excluding tert-OH is 1. The minimum absolute atomic E-state index is 0.0242. The fraction of sp³-hybridized carbons (Fsp3) is 0.413. The minimum Gasteiger partial charge on any atom is -0.395 e. The number of alkyl halides is 4. The third-order valence-corrected chi connectivity index (χ3v) is 30.3. The first-order chi connectivity index (χ1) is 70.5. The zero-order valence-electron chi connectivity index (χ0n) is 84.3. The Labute approximate surface area is 841 Å². The smallest absolute Gasteiger partial charge is 0.266 e. The molecule has 4 atom stereocenters. The molecule has 16 aromatic rings. The molecule has 12 aromatic heterocycles. The van der Waals surface area contributed by atoms with Crippen molar-refractivity contribution in [2.75, 3.05) is 94.1 Å². The number of amides is 4. The maximum absolute atomic E-state index is 14.4. The van der Waals surface area contributed by atoms with Crippen LogP contribution >= 0.6 is 0 Å². The maximum Gasteiger partial charge on any atom is 0.266 e. The molecular weight excluding hydrogens is 1860 g/mol. The number of pyridine rings is 4. The van der Waals surface area contributed by atoms with Gasteiger partial charge >= 0.3 is 0 Å². The lowest BCUT2D eigenvalue weighted by Crippen LogP contribution is -2.40. The molecule has 20 heterocycles. The number of aliphatic hydroxyl groups is 1. The van der Waals surface area contributed by atoms with Gasteiger partial charge in [-0.1, -0.05) is 60.7 Å². The molecule has 0 saturated carbocycles. The number of halogens is 4. The summed E-state index contributed by atoms with van der Waals surface area (Å²) < 4.78 is 89.4. The van der Waals surface area contributed by atoms with Crippen molar-refractivity contribution in [2.45, 2.75) is 173 Å². The van der Waals surface area contributed by atoms with Gasteiger partial charge in [0.05, 0.1) is 118 Å². The van der Waals surface area contributed by atoms with Gasteiger partial charge in [-0.3, -0.25) is 47.9 Å². The van der Waals surface area contributed by atoms with E-state index in [-0.39, 0.29) is 76.7 Å². The predicted molar refractivity (Wildman–Crippen MR) is 544 cm³/mol. The lowest BCUT2D eigenvalue weighted by atomic mass is 9.95. The van der Waals surface area contributed by atoms with E-state index in [0.717, 1.165) is 220 Å². The van der Waals surface area contributed by atoms with Gasteiger partial charge in [-0.15, -0.1) is 0 Å². The molecule has 4 unspecified atom stereocenters. The van der Waals surface area contributed by atoms with Gasteiger partial charge in [0.2, 0.25) is 23.6 Å². The SMILES string of the molecule is CC1C(=O)N(C)Cc2c(-c3cccc4cc(-c5ccn(C)n5)ncc34)nc(C3CCOCC3)n21.CC1C(=O)N(C)Cc2c(-c3cccc4nc(-c5ccn(C)n5)c(C(F)F)cc34)nc(C3CCOCC3)n21.CC1C(=O)N(C)Cc2c(-c3cccc4nc(-c5cnn(C)c5)c(C(F)F)cc34)nc(C3CCN(CCO)CC3)n21.Cc1nn(C)cc1-c1cc2cccc(-c3nc(C4CCOCC4)n4c3CN(C)C(=O)C4C)c2cn1. The normalized spacial score (nSPS) is 18.8.